The van der Waals surface area contributed by atoms with E-state index in [0.29, 0.717) is 34.1 Å². The van der Waals surface area contributed by atoms with Gasteiger partial charge in [-0.1, -0.05) is 127 Å². The summed E-state index contributed by atoms with van der Waals surface area (Å²) in [5.41, 5.74) is 6.96. The number of aromatic amines is 1. The SMILES string of the molecule is FB(F)[N+]1=C(c2ccccc2)C=C(c2ccccc2)/C1=C(\Oc1ccccc1)c1[nH]c(-c2ccccc2)cc1-c1ccccc1. The average molecular weight is 589 g/mol. The molecule has 5 aromatic carbocycles. The van der Waals surface area contributed by atoms with Crippen molar-refractivity contribution in [1.29, 1.82) is 0 Å². The number of ether oxygens (including phenoxy) is 1. The molecule has 0 unspecified atom stereocenters. The van der Waals surface area contributed by atoms with Crippen LogP contribution in [0, 0.1) is 0 Å². The van der Waals surface area contributed by atoms with Gasteiger partial charge >= 0.3 is 7.40 Å². The Bertz CT molecular complexity index is 2020. The molecule has 0 spiro atoms. The van der Waals surface area contributed by atoms with Crippen LogP contribution in [0.3, 0.4) is 0 Å². The summed E-state index contributed by atoms with van der Waals surface area (Å²) in [7, 11) is -2.86. The maximum atomic E-state index is 15.5. The number of nitrogens with zero attached hydrogens (tertiary/aromatic N) is 1. The van der Waals surface area contributed by atoms with E-state index in [0.717, 1.165) is 32.4 Å². The van der Waals surface area contributed by atoms with E-state index in [9.17, 15) is 0 Å². The van der Waals surface area contributed by atoms with Gasteiger partial charge in [0, 0.05) is 22.9 Å². The molecule has 1 aromatic heterocycles. The first-order valence-corrected chi connectivity index (χ1v) is 14.8. The van der Waals surface area contributed by atoms with Crippen LogP contribution < -0.4 is 4.74 Å². The third-order valence-corrected chi connectivity index (χ3v) is 7.78. The van der Waals surface area contributed by atoms with Crippen molar-refractivity contribution in [3.05, 3.63) is 186 Å². The van der Waals surface area contributed by atoms with E-state index in [1.165, 1.54) is 0 Å². The van der Waals surface area contributed by atoms with Gasteiger partial charge in [0.2, 0.25) is 11.5 Å². The molecule has 0 radical (unpaired) electrons. The average Bonchev–Trinajstić information content (AvgIpc) is 3.73. The van der Waals surface area contributed by atoms with Crippen LogP contribution in [0.5, 0.6) is 5.75 Å². The second-order valence-corrected chi connectivity index (χ2v) is 10.6. The van der Waals surface area contributed by atoms with Crippen LogP contribution >= 0.6 is 0 Å². The van der Waals surface area contributed by atoms with Crippen molar-refractivity contribution < 1.29 is 17.9 Å². The molecule has 0 fully saturated rings. The smallest absolute Gasteiger partial charge is 0.448 e. The second kappa shape index (κ2) is 12.5. The van der Waals surface area contributed by atoms with E-state index >= 15 is 8.63 Å². The summed E-state index contributed by atoms with van der Waals surface area (Å²) >= 11 is 0. The molecule has 6 aromatic rings. The van der Waals surface area contributed by atoms with Gasteiger partial charge in [0.25, 0.3) is 0 Å². The van der Waals surface area contributed by atoms with Crippen molar-refractivity contribution in [2.24, 2.45) is 0 Å². The van der Waals surface area contributed by atoms with Crippen molar-refractivity contribution in [1.82, 2.24) is 4.98 Å². The number of H-pyrrole nitrogens is 1. The van der Waals surface area contributed by atoms with Crippen LogP contribution in [0.1, 0.15) is 16.8 Å². The molecule has 0 saturated heterocycles. The Balaban J connectivity index is 1.58. The molecule has 3 nitrogen and oxygen atoms in total. The van der Waals surface area contributed by atoms with Crippen LogP contribution in [-0.2, 0) is 0 Å². The molecular weight excluding hydrogens is 561 g/mol. The Hall–Kier alpha value is -5.75. The Morgan fingerprint density at radius 2 is 1.07 bits per heavy atom. The number of hydrogen-bond acceptors (Lipinski definition) is 1. The van der Waals surface area contributed by atoms with E-state index in [1.54, 1.807) is 0 Å². The molecule has 2 heterocycles. The molecule has 216 valence electrons. The van der Waals surface area contributed by atoms with Crippen molar-refractivity contribution in [3.63, 3.8) is 0 Å². The second-order valence-electron chi connectivity index (χ2n) is 10.6. The third-order valence-electron chi connectivity index (χ3n) is 7.78. The Labute approximate surface area is 261 Å². The topological polar surface area (TPSA) is 28.0 Å². The van der Waals surface area contributed by atoms with E-state index in [-0.39, 0.29) is 5.70 Å². The normalized spacial score (nSPS) is 13.9. The van der Waals surface area contributed by atoms with Gasteiger partial charge in [-0.3, -0.25) is 0 Å². The first-order chi connectivity index (χ1) is 22.2. The van der Waals surface area contributed by atoms with Crippen LogP contribution in [0.15, 0.2) is 169 Å². The number of rotatable bonds is 8. The first kappa shape index (κ1) is 28.1. The van der Waals surface area contributed by atoms with Gasteiger partial charge in [-0.2, -0.15) is 0 Å². The lowest BCUT2D eigenvalue weighted by molar-refractivity contribution is -0.339. The largest absolute Gasteiger partial charge is 0.935 e. The molecule has 0 saturated carbocycles. The highest BCUT2D eigenvalue weighted by Gasteiger charge is 2.48. The van der Waals surface area contributed by atoms with Crippen LogP contribution in [-0.4, -0.2) is 22.6 Å². The van der Waals surface area contributed by atoms with E-state index in [2.05, 4.69) is 11.1 Å². The predicted molar refractivity (Wildman–Crippen MR) is 179 cm³/mol. The van der Waals surface area contributed by atoms with Crippen LogP contribution in [0.4, 0.5) is 8.63 Å². The van der Waals surface area contributed by atoms with E-state index in [1.807, 2.05) is 158 Å². The third kappa shape index (κ3) is 5.66. The van der Waals surface area contributed by atoms with Gasteiger partial charge in [0.15, 0.2) is 5.71 Å². The zero-order valence-electron chi connectivity index (χ0n) is 24.3. The molecule has 45 heavy (non-hydrogen) atoms. The lowest BCUT2D eigenvalue weighted by Gasteiger charge is -2.15. The van der Waals surface area contributed by atoms with Gasteiger partial charge in [-0.15, -0.1) is 0 Å². The van der Waals surface area contributed by atoms with Crippen molar-refractivity contribution >= 4 is 24.4 Å². The standard InChI is InChI=1S/C39H27BF2N2O/c41-40(42)44-36(31-22-12-4-13-23-31)27-34(29-18-8-2-9-19-29)38(44)39(45-32-24-14-5-15-25-32)37-33(28-16-6-1-7-17-28)26-35(43-37)30-20-10-3-11-21-30/h1-27H/p+1. The fourth-order valence-electron chi connectivity index (χ4n) is 5.70. The summed E-state index contributed by atoms with van der Waals surface area (Å²) in [6, 6.07) is 50.2. The number of allylic oxidation sites excluding steroid dienone is 2. The highest BCUT2D eigenvalue weighted by Crippen LogP contribution is 2.41. The zero-order valence-corrected chi connectivity index (χ0v) is 24.3. The molecular formula is C39H28BF2N2O+. The highest BCUT2D eigenvalue weighted by molar-refractivity contribution is 6.37. The number of para-hydroxylation sites is 1. The monoisotopic (exact) mass is 589 g/mol. The Morgan fingerprint density at radius 3 is 1.62 bits per heavy atom. The maximum absolute atomic E-state index is 15.5. The highest BCUT2D eigenvalue weighted by atomic mass is 19.2. The number of benzene rings is 5. The minimum absolute atomic E-state index is 0.276. The number of halogens is 2. The van der Waals surface area contributed by atoms with E-state index < -0.39 is 7.40 Å². The summed E-state index contributed by atoms with van der Waals surface area (Å²) in [4.78, 5) is 3.59. The summed E-state index contributed by atoms with van der Waals surface area (Å²) in [6.07, 6.45) is 1.84. The predicted octanol–water partition coefficient (Wildman–Crippen LogP) is 9.62. The van der Waals surface area contributed by atoms with Gasteiger partial charge in [0.05, 0.1) is 11.3 Å². The molecule has 7 rings (SSSR count). The summed E-state index contributed by atoms with van der Waals surface area (Å²) in [6.45, 7) is 0. The molecule has 6 heteroatoms. The molecule has 0 bridgehead atoms. The number of hydrogen-bond donors (Lipinski definition) is 1. The van der Waals surface area contributed by atoms with Crippen molar-refractivity contribution in [2.75, 3.05) is 0 Å². The molecule has 0 atom stereocenters. The lowest BCUT2D eigenvalue weighted by Crippen LogP contribution is -2.27. The lowest BCUT2D eigenvalue weighted by atomic mass is 9.97. The first-order valence-electron chi connectivity index (χ1n) is 14.8. The van der Waals surface area contributed by atoms with E-state index in [4.69, 9.17) is 4.74 Å². The maximum Gasteiger partial charge on any atom is 0.935 e. The molecule has 1 aliphatic heterocycles. The van der Waals surface area contributed by atoms with Crippen molar-refractivity contribution in [3.8, 4) is 28.1 Å². The fraction of sp³-hybridized carbons (Fsp3) is 0. The van der Waals surface area contributed by atoms with Gasteiger partial charge in [0.1, 0.15) is 5.75 Å². The van der Waals surface area contributed by atoms with Gasteiger partial charge in [-0.05, 0) is 47.0 Å². The number of nitrogens with one attached hydrogen (secondary N) is 1. The molecule has 0 amide bonds. The summed E-state index contributed by atoms with van der Waals surface area (Å²) in [5, 5.41) is 0. The van der Waals surface area contributed by atoms with Crippen LogP contribution in [0.2, 0.25) is 0 Å². The molecule has 1 N–H and O–H groups in total. The number of aromatic nitrogens is 1. The molecule has 0 aliphatic carbocycles. The fourth-order valence-corrected chi connectivity index (χ4v) is 5.70. The zero-order chi connectivity index (χ0) is 30.6. The van der Waals surface area contributed by atoms with Crippen molar-refractivity contribution in [2.45, 2.75) is 0 Å². The quantitative estimate of drug-likeness (QED) is 0.139. The summed E-state index contributed by atoms with van der Waals surface area (Å²) < 4.78 is 38.8. The van der Waals surface area contributed by atoms with Gasteiger partial charge < -0.3 is 9.72 Å². The summed E-state index contributed by atoms with van der Waals surface area (Å²) in [5.74, 6) is 0.827. The Morgan fingerprint density at radius 1 is 0.578 bits per heavy atom. The Kier molecular flexibility index (Phi) is 7.77. The minimum Gasteiger partial charge on any atom is -0.448 e. The minimum atomic E-state index is -2.86. The molecule has 1 aliphatic rings. The van der Waals surface area contributed by atoms with Gasteiger partial charge in [-0.25, -0.2) is 13.1 Å². The van der Waals surface area contributed by atoms with Crippen LogP contribution in [0.25, 0.3) is 33.7 Å².